The molecule has 0 aromatic heterocycles. The summed E-state index contributed by atoms with van der Waals surface area (Å²) in [7, 11) is 0. The molecule has 0 spiro atoms. The van der Waals surface area contributed by atoms with Gasteiger partial charge in [0.1, 0.15) is 0 Å². The van der Waals surface area contributed by atoms with Crippen molar-refractivity contribution in [2.45, 2.75) is 52.5 Å². The van der Waals surface area contributed by atoms with Gasteiger partial charge in [0.15, 0.2) is 0 Å². The maximum Gasteiger partial charge on any atom is 0.0136 e. The van der Waals surface area contributed by atoms with E-state index in [4.69, 9.17) is 5.73 Å². The minimum absolute atomic E-state index is 0.489. The second kappa shape index (κ2) is 4.66. The van der Waals surface area contributed by atoms with E-state index in [-0.39, 0.29) is 0 Å². The van der Waals surface area contributed by atoms with Crippen molar-refractivity contribution in [1.29, 1.82) is 0 Å². The highest BCUT2D eigenvalue weighted by molar-refractivity contribution is 4.94. The topological polar surface area (TPSA) is 29.3 Å². The van der Waals surface area contributed by atoms with Crippen LogP contribution in [0, 0.1) is 17.3 Å². The average Bonchev–Trinajstić information content (AvgIpc) is 2.14. The molecule has 0 aromatic rings. The van der Waals surface area contributed by atoms with Gasteiger partial charge in [0.2, 0.25) is 0 Å². The van der Waals surface area contributed by atoms with Gasteiger partial charge in [-0.05, 0) is 36.6 Å². The Morgan fingerprint density at radius 1 is 1.12 bits per heavy atom. The zero-order valence-electron chi connectivity index (χ0n) is 11.2. The smallest absolute Gasteiger partial charge is 0.0136 e. The van der Waals surface area contributed by atoms with E-state index in [9.17, 15) is 0 Å². The Morgan fingerprint density at radius 2 is 1.75 bits per heavy atom. The summed E-state index contributed by atoms with van der Waals surface area (Å²) >= 11 is 0. The molecule has 1 saturated heterocycles. The van der Waals surface area contributed by atoms with Crippen LogP contribution in [-0.4, -0.2) is 30.6 Å². The highest BCUT2D eigenvalue weighted by Gasteiger charge is 2.41. The number of nitrogens with two attached hydrogens (primary N) is 1. The summed E-state index contributed by atoms with van der Waals surface area (Å²) in [6, 6.07) is 0.803. The van der Waals surface area contributed by atoms with Crippen LogP contribution in [0.1, 0.15) is 46.5 Å². The Kier molecular flexibility index (Phi) is 3.60. The van der Waals surface area contributed by atoms with Gasteiger partial charge < -0.3 is 5.73 Å². The first-order valence-corrected chi connectivity index (χ1v) is 6.96. The van der Waals surface area contributed by atoms with Crippen LogP contribution in [0.5, 0.6) is 0 Å². The van der Waals surface area contributed by atoms with E-state index in [2.05, 4.69) is 25.7 Å². The molecule has 1 aliphatic heterocycles. The van der Waals surface area contributed by atoms with Crippen LogP contribution >= 0.6 is 0 Å². The van der Waals surface area contributed by atoms with Crippen LogP contribution in [-0.2, 0) is 0 Å². The minimum atomic E-state index is 0.489. The van der Waals surface area contributed by atoms with E-state index in [1.54, 1.807) is 0 Å². The first kappa shape index (κ1) is 12.4. The maximum absolute atomic E-state index is 5.90. The summed E-state index contributed by atoms with van der Waals surface area (Å²) in [6.45, 7) is 10.6. The van der Waals surface area contributed by atoms with E-state index in [0.717, 1.165) is 24.4 Å². The van der Waals surface area contributed by atoms with Gasteiger partial charge in [-0.2, -0.15) is 0 Å². The van der Waals surface area contributed by atoms with Crippen LogP contribution in [0.4, 0.5) is 0 Å². The van der Waals surface area contributed by atoms with Crippen molar-refractivity contribution in [1.82, 2.24) is 4.90 Å². The van der Waals surface area contributed by atoms with Gasteiger partial charge in [0, 0.05) is 19.1 Å². The molecule has 2 rings (SSSR count). The maximum atomic E-state index is 5.90. The molecule has 2 fully saturated rings. The van der Waals surface area contributed by atoms with Crippen molar-refractivity contribution in [2.75, 3.05) is 19.6 Å². The molecule has 2 unspecified atom stereocenters. The molecular formula is C14H28N2. The number of likely N-dealkylation sites (tertiary alicyclic amines) is 1. The Balaban J connectivity index is 1.86. The van der Waals surface area contributed by atoms with Gasteiger partial charge in [0.05, 0.1) is 0 Å². The van der Waals surface area contributed by atoms with Crippen LogP contribution in [0.2, 0.25) is 0 Å². The van der Waals surface area contributed by atoms with Gasteiger partial charge in [-0.25, -0.2) is 0 Å². The molecule has 0 radical (unpaired) electrons. The Labute approximate surface area is 101 Å². The average molecular weight is 224 g/mol. The third-order valence-corrected chi connectivity index (χ3v) is 4.78. The fourth-order valence-corrected chi connectivity index (χ4v) is 3.27. The predicted molar refractivity (Wildman–Crippen MR) is 69.3 cm³/mol. The van der Waals surface area contributed by atoms with Crippen molar-refractivity contribution >= 4 is 0 Å². The Hall–Kier alpha value is -0.0800. The van der Waals surface area contributed by atoms with Gasteiger partial charge in [-0.15, -0.1) is 0 Å². The van der Waals surface area contributed by atoms with E-state index in [0.29, 0.717) is 5.41 Å². The number of rotatable bonds is 2. The first-order valence-electron chi connectivity index (χ1n) is 6.96. The van der Waals surface area contributed by atoms with E-state index < -0.39 is 0 Å². The molecule has 94 valence electrons. The zero-order chi connectivity index (χ0) is 11.8. The molecule has 2 atom stereocenters. The van der Waals surface area contributed by atoms with Crippen molar-refractivity contribution < 1.29 is 0 Å². The molecule has 1 heterocycles. The van der Waals surface area contributed by atoms with E-state index in [1.807, 2.05) is 0 Å². The minimum Gasteiger partial charge on any atom is -0.330 e. The lowest BCUT2D eigenvalue weighted by Gasteiger charge is -2.52. The molecule has 2 heteroatoms. The third kappa shape index (κ3) is 2.43. The molecule has 2 N–H and O–H groups in total. The van der Waals surface area contributed by atoms with Gasteiger partial charge in [0.25, 0.3) is 0 Å². The van der Waals surface area contributed by atoms with Crippen LogP contribution in [0.15, 0.2) is 0 Å². The third-order valence-electron chi connectivity index (χ3n) is 4.78. The molecule has 2 nitrogen and oxygen atoms in total. The molecule has 0 bridgehead atoms. The molecular weight excluding hydrogens is 196 g/mol. The van der Waals surface area contributed by atoms with Gasteiger partial charge >= 0.3 is 0 Å². The summed E-state index contributed by atoms with van der Waals surface area (Å²) in [5, 5.41) is 0. The zero-order valence-corrected chi connectivity index (χ0v) is 11.2. The lowest BCUT2D eigenvalue weighted by Crippen LogP contribution is -2.59. The van der Waals surface area contributed by atoms with Crippen LogP contribution < -0.4 is 5.73 Å². The number of nitrogens with zero attached hydrogens (tertiary/aromatic N) is 1. The Morgan fingerprint density at radius 3 is 2.31 bits per heavy atom. The second-order valence-corrected chi connectivity index (χ2v) is 6.86. The monoisotopic (exact) mass is 224 g/mol. The number of hydrogen-bond acceptors (Lipinski definition) is 2. The van der Waals surface area contributed by atoms with E-state index in [1.165, 1.54) is 38.8 Å². The molecule has 1 aliphatic carbocycles. The largest absolute Gasteiger partial charge is 0.330 e. The van der Waals surface area contributed by atoms with Crippen molar-refractivity contribution in [3.63, 3.8) is 0 Å². The van der Waals surface area contributed by atoms with Gasteiger partial charge in [-0.1, -0.05) is 33.6 Å². The first-order chi connectivity index (χ1) is 7.52. The second-order valence-electron chi connectivity index (χ2n) is 6.86. The molecule has 0 amide bonds. The fourth-order valence-electron chi connectivity index (χ4n) is 3.27. The van der Waals surface area contributed by atoms with Crippen molar-refractivity contribution in [3.8, 4) is 0 Å². The molecule has 16 heavy (non-hydrogen) atoms. The summed E-state index contributed by atoms with van der Waals surface area (Å²) in [6.07, 6.45) is 5.56. The predicted octanol–water partition coefficient (Wildman–Crippen LogP) is 2.48. The molecule has 2 aliphatic rings. The number of hydrogen-bond donors (Lipinski definition) is 1. The summed E-state index contributed by atoms with van der Waals surface area (Å²) in [5.74, 6) is 1.67. The summed E-state index contributed by atoms with van der Waals surface area (Å²) in [4.78, 5) is 2.70. The highest BCUT2D eigenvalue weighted by atomic mass is 15.2. The normalized spacial score (nSPS) is 33.8. The standard InChI is InChI=1S/C14H28N2/c1-14(2,3)12-9-16(10-12)13-7-5-4-6-11(13)8-15/h11-13H,4-10,15H2,1-3H3. The van der Waals surface area contributed by atoms with Gasteiger partial charge in [-0.3, -0.25) is 4.90 Å². The Bertz CT molecular complexity index is 225. The highest BCUT2D eigenvalue weighted by Crippen LogP contribution is 2.38. The van der Waals surface area contributed by atoms with Crippen molar-refractivity contribution in [3.05, 3.63) is 0 Å². The summed E-state index contributed by atoms with van der Waals surface area (Å²) < 4.78 is 0. The van der Waals surface area contributed by atoms with E-state index >= 15 is 0 Å². The molecule has 0 aromatic carbocycles. The van der Waals surface area contributed by atoms with Crippen LogP contribution in [0.3, 0.4) is 0 Å². The molecule has 1 saturated carbocycles. The SMILES string of the molecule is CC(C)(C)C1CN(C2CCCCC2CN)C1. The van der Waals surface area contributed by atoms with Crippen molar-refractivity contribution in [2.24, 2.45) is 23.0 Å². The quantitative estimate of drug-likeness (QED) is 0.781. The lowest BCUT2D eigenvalue weighted by atomic mass is 9.73. The fraction of sp³-hybridized carbons (Fsp3) is 1.00. The summed E-state index contributed by atoms with van der Waals surface area (Å²) in [5.41, 5.74) is 6.39. The van der Waals surface area contributed by atoms with Crippen LogP contribution in [0.25, 0.3) is 0 Å². The lowest BCUT2D eigenvalue weighted by molar-refractivity contribution is -0.0349.